The molecular formula is C14H16N4O3. The second-order valence-corrected chi connectivity index (χ2v) is 4.73. The molecule has 0 fully saturated rings. The normalized spacial score (nSPS) is 10.4. The van der Waals surface area contributed by atoms with Crippen molar-refractivity contribution in [1.29, 1.82) is 0 Å². The highest BCUT2D eigenvalue weighted by molar-refractivity contribution is 5.92. The molecule has 0 aliphatic carbocycles. The van der Waals surface area contributed by atoms with Crippen LogP contribution in [0.5, 0.6) is 0 Å². The molecule has 110 valence electrons. The van der Waals surface area contributed by atoms with Gasteiger partial charge in [0.1, 0.15) is 5.69 Å². The summed E-state index contributed by atoms with van der Waals surface area (Å²) in [6.45, 7) is 4.55. The Labute approximate surface area is 121 Å². The zero-order valence-electron chi connectivity index (χ0n) is 11.8. The number of nitrogens with zero attached hydrogens (tertiary/aromatic N) is 3. The number of pyridine rings is 1. The number of aromatic nitrogens is 3. The van der Waals surface area contributed by atoms with Gasteiger partial charge in [0.25, 0.3) is 5.91 Å². The number of carboxylic acid groups (broad SMARTS) is 1. The predicted octanol–water partition coefficient (Wildman–Crippen LogP) is 1.02. The summed E-state index contributed by atoms with van der Waals surface area (Å²) in [5, 5.41) is 11.5. The fraction of sp³-hybridized carbons (Fsp3) is 0.286. The minimum atomic E-state index is -1.07. The summed E-state index contributed by atoms with van der Waals surface area (Å²) in [6, 6.07) is 3.62. The first-order valence-corrected chi connectivity index (χ1v) is 6.44. The van der Waals surface area contributed by atoms with Crippen LogP contribution in [0.25, 0.3) is 0 Å². The number of nitrogens with one attached hydrogen (secondary N) is 1. The van der Waals surface area contributed by atoms with Gasteiger partial charge in [0, 0.05) is 25.0 Å². The number of carbonyl (C=O) groups is 2. The average molecular weight is 288 g/mol. The molecule has 2 aromatic heterocycles. The van der Waals surface area contributed by atoms with Crippen molar-refractivity contribution < 1.29 is 14.7 Å². The van der Waals surface area contributed by atoms with Gasteiger partial charge in [0.15, 0.2) is 5.69 Å². The molecule has 2 aromatic rings. The van der Waals surface area contributed by atoms with Crippen molar-refractivity contribution >= 4 is 11.9 Å². The molecule has 0 radical (unpaired) electrons. The minimum absolute atomic E-state index is 0.0164. The molecule has 7 nitrogen and oxygen atoms in total. The van der Waals surface area contributed by atoms with Crippen molar-refractivity contribution in [3.8, 4) is 0 Å². The molecule has 21 heavy (non-hydrogen) atoms. The van der Waals surface area contributed by atoms with E-state index in [2.05, 4.69) is 15.3 Å². The molecule has 2 rings (SSSR count). The summed E-state index contributed by atoms with van der Waals surface area (Å²) < 4.78 is 1.61. The molecule has 0 aromatic carbocycles. The maximum Gasteiger partial charge on any atom is 0.356 e. The Balaban J connectivity index is 1.90. The zero-order chi connectivity index (χ0) is 15.4. The van der Waals surface area contributed by atoms with Gasteiger partial charge < -0.3 is 15.0 Å². The van der Waals surface area contributed by atoms with Crippen LogP contribution in [0.1, 0.15) is 32.2 Å². The van der Waals surface area contributed by atoms with Crippen molar-refractivity contribution in [1.82, 2.24) is 19.9 Å². The van der Waals surface area contributed by atoms with Crippen LogP contribution in [0, 0.1) is 13.8 Å². The first kappa shape index (κ1) is 14.7. The van der Waals surface area contributed by atoms with Gasteiger partial charge in [-0.05, 0) is 31.5 Å². The van der Waals surface area contributed by atoms with Gasteiger partial charge in [-0.1, -0.05) is 0 Å². The van der Waals surface area contributed by atoms with Crippen LogP contribution in [0.15, 0.2) is 24.7 Å². The summed E-state index contributed by atoms with van der Waals surface area (Å²) >= 11 is 0. The number of aryl methyl sites for hydroxylation is 2. The lowest BCUT2D eigenvalue weighted by Gasteiger charge is -2.06. The van der Waals surface area contributed by atoms with E-state index in [0.717, 1.165) is 11.3 Å². The van der Waals surface area contributed by atoms with E-state index in [-0.39, 0.29) is 11.6 Å². The summed E-state index contributed by atoms with van der Waals surface area (Å²) in [4.78, 5) is 30.6. The van der Waals surface area contributed by atoms with Crippen molar-refractivity contribution in [2.24, 2.45) is 0 Å². The lowest BCUT2D eigenvalue weighted by atomic mass is 10.2. The minimum Gasteiger partial charge on any atom is -0.476 e. The van der Waals surface area contributed by atoms with Crippen LogP contribution < -0.4 is 5.32 Å². The Morgan fingerprint density at radius 1 is 1.29 bits per heavy atom. The summed E-state index contributed by atoms with van der Waals surface area (Å²) in [6.07, 6.45) is 2.84. The van der Waals surface area contributed by atoms with Crippen LogP contribution in [0.2, 0.25) is 0 Å². The van der Waals surface area contributed by atoms with E-state index < -0.39 is 5.97 Å². The molecule has 0 bridgehead atoms. The molecule has 0 unspecified atom stereocenters. The quantitative estimate of drug-likeness (QED) is 0.856. The third-order valence-electron chi connectivity index (χ3n) is 2.84. The molecule has 0 saturated carbocycles. The number of rotatable bonds is 5. The maximum atomic E-state index is 12.0. The number of hydrogen-bond acceptors (Lipinski definition) is 4. The summed E-state index contributed by atoms with van der Waals surface area (Å²) in [5.41, 5.74) is 2.14. The van der Waals surface area contributed by atoms with Gasteiger partial charge in [0.2, 0.25) is 0 Å². The predicted molar refractivity (Wildman–Crippen MR) is 75.2 cm³/mol. The second-order valence-electron chi connectivity index (χ2n) is 4.73. The Morgan fingerprint density at radius 2 is 2.05 bits per heavy atom. The van der Waals surface area contributed by atoms with E-state index >= 15 is 0 Å². The highest BCUT2D eigenvalue weighted by Crippen LogP contribution is 2.04. The monoisotopic (exact) mass is 288 g/mol. The number of carbonyl (C=O) groups excluding carboxylic acids is 1. The van der Waals surface area contributed by atoms with Gasteiger partial charge in [-0.2, -0.15) is 0 Å². The number of carboxylic acids is 1. The van der Waals surface area contributed by atoms with Crippen LogP contribution in [-0.2, 0) is 6.54 Å². The highest BCUT2D eigenvalue weighted by atomic mass is 16.4. The summed E-state index contributed by atoms with van der Waals surface area (Å²) in [5.74, 6) is -1.32. The molecule has 0 saturated heterocycles. The summed E-state index contributed by atoms with van der Waals surface area (Å²) in [7, 11) is 0. The lowest BCUT2D eigenvalue weighted by Crippen LogP contribution is -2.28. The van der Waals surface area contributed by atoms with E-state index in [0.29, 0.717) is 18.8 Å². The topological polar surface area (TPSA) is 97.1 Å². The molecule has 2 heterocycles. The van der Waals surface area contributed by atoms with Crippen LogP contribution in [0.3, 0.4) is 0 Å². The first-order valence-electron chi connectivity index (χ1n) is 6.44. The van der Waals surface area contributed by atoms with Gasteiger partial charge >= 0.3 is 5.97 Å². The Bertz CT molecular complexity index is 658. The first-order chi connectivity index (χ1) is 9.95. The molecule has 0 aliphatic rings. The van der Waals surface area contributed by atoms with Gasteiger partial charge in [-0.3, -0.25) is 4.79 Å². The Morgan fingerprint density at radius 3 is 2.67 bits per heavy atom. The number of aromatic carboxylic acids is 1. The molecule has 0 aliphatic heterocycles. The Hall–Kier alpha value is -2.70. The third-order valence-corrected chi connectivity index (χ3v) is 2.84. The smallest absolute Gasteiger partial charge is 0.356 e. The molecular weight excluding hydrogens is 272 g/mol. The van der Waals surface area contributed by atoms with Crippen LogP contribution in [0.4, 0.5) is 0 Å². The van der Waals surface area contributed by atoms with Gasteiger partial charge in [0.05, 0.1) is 6.33 Å². The third kappa shape index (κ3) is 3.88. The van der Waals surface area contributed by atoms with E-state index in [1.807, 2.05) is 19.9 Å². The van der Waals surface area contributed by atoms with Gasteiger partial charge in [-0.25, -0.2) is 14.8 Å². The van der Waals surface area contributed by atoms with Crippen molar-refractivity contribution in [2.45, 2.75) is 20.4 Å². The lowest BCUT2D eigenvalue weighted by molar-refractivity contribution is 0.0690. The highest BCUT2D eigenvalue weighted by Gasteiger charge is 2.09. The molecule has 0 atom stereocenters. The van der Waals surface area contributed by atoms with E-state index in [9.17, 15) is 9.59 Å². The standard InChI is InChI=1S/C14H16N4O3/c1-9-5-10(2)17-11(6-9)13(19)15-3-4-18-7-12(14(20)21)16-8-18/h5-8H,3-4H2,1-2H3,(H,15,19)(H,20,21). The van der Waals surface area contributed by atoms with E-state index in [1.54, 1.807) is 10.6 Å². The zero-order valence-corrected chi connectivity index (χ0v) is 11.8. The fourth-order valence-electron chi connectivity index (χ4n) is 1.94. The van der Waals surface area contributed by atoms with E-state index in [4.69, 9.17) is 5.11 Å². The number of imidazole rings is 1. The largest absolute Gasteiger partial charge is 0.476 e. The molecule has 2 N–H and O–H groups in total. The van der Waals surface area contributed by atoms with Gasteiger partial charge in [-0.15, -0.1) is 0 Å². The Kier molecular flexibility index (Phi) is 4.32. The van der Waals surface area contributed by atoms with E-state index in [1.165, 1.54) is 12.5 Å². The van der Waals surface area contributed by atoms with Crippen molar-refractivity contribution in [2.75, 3.05) is 6.54 Å². The van der Waals surface area contributed by atoms with Crippen molar-refractivity contribution in [3.63, 3.8) is 0 Å². The van der Waals surface area contributed by atoms with Crippen molar-refractivity contribution in [3.05, 3.63) is 47.3 Å². The number of amides is 1. The molecule has 1 amide bonds. The van der Waals surface area contributed by atoms with Crippen LogP contribution >= 0.6 is 0 Å². The molecule has 0 spiro atoms. The second kappa shape index (κ2) is 6.17. The average Bonchev–Trinajstić information content (AvgIpc) is 2.86. The molecule has 7 heteroatoms. The van der Waals surface area contributed by atoms with Crippen LogP contribution in [-0.4, -0.2) is 38.1 Å². The fourth-order valence-corrected chi connectivity index (χ4v) is 1.94. The number of hydrogen-bond donors (Lipinski definition) is 2. The maximum absolute atomic E-state index is 12.0. The SMILES string of the molecule is Cc1cc(C)nc(C(=O)NCCn2cnc(C(=O)O)c2)c1.